The summed E-state index contributed by atoms with van der Waals surface area (Å²) in [5.41, 5.74) is 0.616. The molecule has 0 aromatic heterocycles. The van der Waals surface area contributed by atoms with Crippen LogP contribution in [0.3, 0.4) is 0 Å². The van der Waals surface area contributed by atoms with E-state index in [1.54, 1.807) is 60.7 Å². The Morgan fingerprint density at radius 2 is 1.52 bits per heavy atom. The number of hydrogen-bond donors (Lipinski definition) is 0. The Morgan fingerprint density at radius 3 is 2.19 bits per heavy atom. The highest BCUT2D eigenvalue weighted by Crippen LogP contribution is 2.33. The minimum atomic E-state index is -0.569. The van der Waals surface area contributed by atoms with Crippen molar-refractivity contribution in [2.45, 2.75) is 0 Å². The van der Waals surface area contributed by atoms with Crippen LogP contribution in [0.4, 0.5) is 5.69 Å². The smallest absolute Gasteiger partial charge is 0.341 e. The number of non-ortho nitro benzene ring substituents is 1. The second-order valence-electron chi connectivity index (χ2n) is 6.19. The van der Waals surface area contributed by atoms with E-state index in [0.717, 1.165) is 0 Å². The topological polar surface area (TPSA) is 97.1 Å². The maximum Gasteiger partial charge on any atom is 0.341 e. The summed E-state index contributed by atoms with van der Waals surface area (Å²) in [6.45, 7) is 0. The average Bonchev–Trinajstić information content (AvgIpc) is 2.78. The minimum absolute atomic E-state index is 0.0703. The number of ether oxygens (including phenoxy) is 4. The van der Waals surface area contributed by atoms with E-state index in [0.29, 0.717) is 28.6 Å². The third-order valence-electron chi connectivity index (χ3n) is 4.12. The van der Waals surface area contributed by atoms with Crippen LogP contribution >= 0.6 is 0 Å². The second-order valence-corrected chi connectivity index (χ2v) is 6.19. The third kappa shape index (κ3) is 5.39. The summed E-state index contributed by atoms with van der Waals surface area (Å²) >= 11 is 0. The van der Waals surface area contributed by atoms with E-state index in [1.165, 1.54) is 32.6 Å². The summed E-state index contributed by atoms with van der Waals surface area (Å²) in [5, 5.41) is 10.9. The van der Waals surface area contributed by atoms with Crippen LogP contribution in [0.5, 0.6) is 23.0 Å². The van der Waals surface area contributed by atoms with Crippen LogP contribution in [0.25, 0.3) is 5.57 Å². The van der Waals surface area contributed by atoms with E-state index in [1.807, 2.05) is 0 Å². The zero-order valence-corrected chi connectivity index (χ0v) is 16.8. The Morgan fingerprint density at radius 1 is 0.871 bits per heavy atom. The third-order valence-corrected chi connectivity index (χ3v) is 4.12. The molecule has 0 unspecified atom stereocenters. The quantitative estimate of drug-likeness (QED) is 0.159. The lowest BCUT2D eigenvalue weighted by Crippen LogP contribution is -2.05. The van der Waals surface area contributed by atoms with Crippen LogP contribution in [0.1, 0.15) is 5.56 Å². The first-order valence-corrected chi connectivity index (χ1v) is 9.12. The monoisotopic (exact) mass is 421 g/mol. The molecule has 3 aromatic carbocycles. The number of esters is 1. The Kier molecular flexibility index (Phi) is 6.85. The van der Waals surface area contributed by atoms with Crippen LogP contribution in [0, 0.1) is 10.1 Å². The lowest BCUT2D eigenvalue weighted by molar-refractivity contribution is -0.384. The van der Waals surface area contributed by atoms with Gasteiger partial charge in [-0.1, -0.05) is 30.3 Å². The number of nitrogens with zero attached hydrogens (tertiary/aromatic N) is 1. The molecule has 0 saturated heterocycles. The zero-order valence-electron chi connectivity index (χ0n) is 16.8. The Balaban J connectivity index is 1.87. The van der Waals surface area contributed by atoms with Gasteiger partial charge in [0.2, 0.25) is 0 Å². The standard InChI is InChI=1S/C23H19NO7/c1-28-15-21(23(25)29-2)20-11-3-4-12-22(20)31-19-10-6-9-18(14-19)30-17-8-5-7-16(13-17)24(26)27/h3-15H,1-2H3/b21-15+. The molecule has 8 nitrogen and oxygen atoms in total. The van der Waals surface area contributed by atoms with E-state index in [2.05, 4.69) is 0 Å². The molecule has 0 aliphatic carbocycles. The van der Waals surface area contributed by atoms with Gasteiger partial charge in [-0.3, -0.25) is 10.1 Å². The number of rotatable bonds is 8. The van der Waals surface area contributed by atoms with Gasteiger partial charge >= 0.3 is 5.97 Å². The molecule has 0 radical (unpaired) electrons. The largest absolute Gasteiger partial charge is 0.503 e. The Bertz CT molecular complexity index is 1120. The molecule has 158 valence electrons. The van der Waals surface area contributed by atoms with Crippen LogP contribution in [-0.2, 0) is 14.3 Å². The first-order valence-electron chi connectivity index (χ1n) is 9.12. The van der Waals surface area contributed by atoms with Crippen molar-refractivity contribution in [3.05, 3.63) is 94.7 Å². The summed E-state index contributed by atoms with van der Waals surface area (Å²) < 4.78 is 21.5. The normalized spacial score (nSPS) is 10.8. The molecule has 8 heteroatoms. The van der Waals surface area contributed by atoms with E-state index in [-0.39, 0.29) is 11.3 Å². The van der Waals surface area contributed by atoms with Crippen molar-refractivity contribution < 1.29 is 28.7 Å². The van der Waals surface area contributed by atoms with E-state index in [9.17, 15) is 14.9 Å². The predicted octanol–water partition coefficient (Wildman–Crippen LogP) is 5.34. The molecule has 0 saturated carbocycles. The van der Waals surface area contributed by atoms with E-state index < -0.39 is 10.9 Å². The first-order chi connectivity index (χ1) is 15.0. The van der Waals surface area contributed by atoms with Gasteiger partial charge in [-0.15, -0.1) is 0 Å². The minimum Gasteiger partial charge on any atom is -0.503 e. The van der Waals surface area contributed by atoms with Crippen molar-refractivity contribution in [1.82, 2.24) is 0 Å². The molecule has 0 aliphatic rings. The van der Waals surface area contributed by atoms with Crippen molar-refractivity contribution in [3.63, 3.8) is 0 Å². The number of benzene rings is 3. The summed E-state index contributed by atoms with van der Waals surface area (Å²) in [6.07, 6.45) is 1.29. The van der Waals surface area contributed by atoms with Crippen LogP contribution < -0.4 is 9.47 Å². The highest BCUT2D eigenvalue weighted by Gasteiger charge is 2.18. The lowest BCUT2D eigenvalue weighted by atomic mass is 10.1. The number of carbonyl (C=O) groups excluding carboxylic acids is 1. The van der Waals surface area contributed by atoms with Crippen LogP contribution in [0.2, 0.25) is 0 Å². The molecule has 0 aliphatic heterocycles. The summed E-state index contributed by atoms with van der Waals surface area (Å²) in [7, 11) is 2.71. The van der Waals surface area contributed by atoms with Gasteiger partial charge in [0.25, 0.3) is 5.69 Å². The summed E-state index contributed by atoms with van der Waals surface area (Å²) in [6, 6.07) is 19.6. The number of nitro benzene ring substituents is 1. The van der Waals surface area contributed by atoms with Crippen molar-refractivity contribution in [3.8, 4) is 23.0 Å². The van der Waals surface area contributed by atoms with Gasteiger partial charge in [-0.2, -0.15) is 0 Å². The van der Waals surface area contributed by atoms with Crippen LogP contribution in [0.15, 0.2) is 79.1 Å². The number of hydrogen-bond acceptors (Lipinski definition) is 7. The van der Waals surface area contributed by atoms with E-state index in [4.69, 9.17) is 18.9 Å². The predicted molar refractivity (Wildman–Crippen MR) is 113 cm³/mol. The second kappa shape index (κ2) is 9.93. The molecule has 0 fully saturated rings. The van der Waals surface area contributed by atoms with Gasteiger partial charge in [-0.05, 0) is 24.3 Å². The number of carbonyl (C=O) groups is 1. The molecule has 3 aromatic rings. The number of nitro groups is 1. The molecular weight excluding hydrogens is 402 g/mol. The molecule has 31 heavy (non-hydrogen) atoms. The Hall–Kier alpha value is -4.33. The summed E-state index contributed by atoms with van der Waals surface area (Å²) in [4.78, 5) is 22.6. The van der Waals surface area contributed by atoms with Crippen molar-refractivity contribution in [2.75, 3.05) is 14.2 Å². The molecular formula is C23H19NO7. The number of para-hydroxylation sites is 1. The summed E-state index contributed by atoms with van der Waals surface area (Å²) in [5.74, 6) is 1.03. The highest BCUT2D eigenvalue weighted by atomic mass is 16.6. The Labute approximate surface area is 178 Å². The van der Waals surface area contributed by atoms with Crippen molar-refractivity contribution in [1.29, 1.82) is 0 Å². The maximum absolute atomic E-state index is 12.1. The number of methoxy groups -OCH3 is 2. The van der Waals surface area contributed by atoms with Crippen molar-refractivity contribution in [2.24, 2.45) is 0 Å². The molecule has 0 heterocycles. The SMILES string of the molecule is CO/C=C(/C(=O)OC)c1ccccc1Oc1cccc(Oc2cccc([N+](=O)[O-])c2)c1. The molecule has 3 rings (SSSR count). The molecule has 0 amide bonds. The maximum atomic E-state index is 12.1. The fourth-order valence-electron chi connectivity index (χ4n) is 2.75. The molecule has 0 N–H and O–H groups in total. The fourth-order valence-corrected chi connectivity index (χ4v) is 2.75. The van der Waals surface area contributed by atoms with Gasteiger partial charge in [0, 0.05) is 17.7 Å². The van der Waals surface area contributed by atoms with Gasteiger partial charge in [0.1, 0.15) is 28.6 Å². The molecule has 0 atom stereocenters. The first kappa shape index (κ1) is 21.4. The molecule has 0 bridgehead atoms. The fraction of sp³-hybridized carbons (Fsp3) is 0.0870. The zero-order chi connectivity index (χ0) is 22.2. The van der Waals surface area contributed by atoms with Crippen LogP contribution in [-0.4, -0.2) is 25.1 Å². The molecule has 0 spiro atoms. The van der Waals surface area contributed by atoms with Gasteiger partial charge in [0.15, 0.2) is 0 Å². The van der Waals surface area contributed by atoms with Crippen molar-refractivity contribution >= 4 is 17.2 Å². The highest BCUT2D eigenvalue weighted by molar-refractivity contribution is 6.17. The van der Waals surface area contributed by atoms with Gasteiger partial charge in [-0.25, -0.2) is 4.79 Å². The lowest BCUT2D eigenvalue weighted by Gasteiger charge is -2.13. The van der Waals surface area contributed by atoms with E-state index >= 15 is 0 Å². The van der Waals surface area contributed by atoms with Gasteiger partial charge in [0.05, 0.1) is 31.5 Å². The average molecular weight is 421 g/mol. The van der Waals surface area contributed by atoms with Gasteiger partial charge < -0.3 is 18.9 Å².